The van der Waals surface area contributed by atoms with E-state index < -0.39 is 11.7 Å². The van der Waals surface area contributed by atoms with Crippen molar-refractivity contribution < 1.29 is 9.18 Å². The van der Waals surface area contributed by atoms with E-state index in [-0.39, 0.29) is 5.82 Å². The molecule has 0 aliphatic carbocycles. The van der Waals surface area contributed by atoms with Crippen LogP contribution in [0.2, 0.25) is 5.02 Å². The first kappa shape index (κ1) is 18.8. The smallest absolute Gasteiger partial charge is 0.295 e. The normalized spacial score (nSPS) is 10.7. The molecule has 0 spiro atoms. The van der Waals surface area contributed by atoms with Crippen molar-refractivity contribution in [2.45, 2.75) is 6.92 Å². The Morgan fingerprint density at radius 1 is 1.03 bits per heavy atom. The van der Waals surface area contributed by atoms with Crippen LogP contribution in [0.4, 0.5) is 10.1 Å². The number of aryl methyl sites for hydroxylation is 1. The monoisotopic (exact) mass is 406 g/mol. The highest BCUT2D eigenvalue weighted by atomic mass is 35.5. The zero-order valence-corrected chi connectivity index (χ0v) is 16.2. The standard InChI is InChI=1S/C22H16ClFN4O/c1-14-10-11-18(13-19(14)23)28-21(15-6-3-2-4-7-15)26-20(27-28)22(29)25-17-9-5-8-16(24)12-17/h2-13H,1H3,(H,25,29). The predicted molar refractivity (Wildman–Crippen MR) is 111 cm³/mol. The summed E-state index contributed by atoms with van der Waals surface area (Å²) < 4.78 is 15.0. The lowest BCUT2D eigenvalue weighted by Crippen LogP contribution is -2.14. The molecule has 0 radical (unpaired) electrons. The van der Waals surface area contributed by atoms with Crippen LogP contribution in [0.15, 0.2) is 72.8 Å². The van der Waals surface area contributed by atoms with Gasteiger partial charge in [0.25, 0.3) is 5.91 Å². The number of carbonyl (C=O) groups excluding carboxylic acids is 1. The number of amides is 1. The van der Waals surface area contributed by atoms with Crippen LogP contribution in [0.5, 0.6) is 0 Å². The molecule has 1 amide bonds. The molecule has 144 valence electrons. The molecule has 5 nitrogen and oxygen atoms in total. The van der Waals surface area contributed by atoms with Crippen molar-refractivity contribution in [1.29, 1.82) is 0 Å². The Morgan fingerprint density at radius 3 is 2.55 bits per heavy atom. The molecule has 0 aliphatic rings. The number of rotatable bonds is 4. The van der Waals surface area contributed by atoms with E-state index in [9.17, 15) is 9.18 Å². The minimum Gasteiger partial charge on any atom is -0.319 e. The van der Waals surface area contributed by atoms with Crippen LogP contribution in [0, 0.1) is 12.7 Å². The van der Waals surface area contributed by atoms with Crippen LogP contribution in [0.25, 0.3) is 17.1 Å². The lowest BCUT2D eigenvalue weighted by molar-refractivity contribution is 0.101. The second kappa shape index (κ2) is 7.85. The SMILES string of the molecule is Cc1ccc(-n2nc(C(=O)Nc3cccc(F)c3)nc2-c2ccccc2)cc1Cl. The average Bonchev–Trinajstić information content (AvgIpc) is 3.16. The van der Waals surface area contributed by atoms with E-state index in [1.807, 2.05) is 49.4 Å². The Hall–Kier alpha value is -3.51. The summed E-state index contributed by atoms with van der Waals surface area (Å²) in [5.41, 5.74) is 2.73. The summed E-state index contributed by atoms with van der Waals surface area (Å²) in [6.45, 7) is 1.91. The molecule has 1 aromatic heterocycles. The second-order valence-corrected chi connectivity index (χ2v) is 6.84. The van der Waals surface area contributed by atoms with E-state index >= 15 is 0 Å². The molecule has 4 aromatic rings. The highest BCUT2D eigenvalue weighted by Gasteiger charge is 2.19. The third-order valence-electron chi connectivity index (χ3n) is 4.32. The first-order valence-corrected chi connectivity index (χ1v) is 9.25. The molecule has 0 saturated heterocycles. The maximum Gasteiger partial charge on any atom is 0.295 e. The number of hydrogen-bond acceptors (Lipinski definition) is 3. The van der Waals surface area contributed by atoms with Crippen molar-refractivity contribution in [3.8, 4) is 17.1 Å². The van der Waals surface area contributed by atoms with Gasteiger partial charge in [-0.15, -0.1) is 5.10 Å². The first-order chi connectivity index (χ1) is 14.0. The summed E-state index contributed by atoms with van der Waals surface area (Å²) in [4.78, 5) is 17.1. The molecular weight excluding hydrogens is 391 g/mol. The van der Waals surface area contributed by atoms with Crippen LogP contribution in [-0.2, 0) is 0 Å². The molecular formula is C22H16ClFN4O. The van der Waals surface area contributed by atoms with Crippen molar-refractivity contribution in [3.63, 3.8) is 0 Å². The van der Waals surface area contributed by atoms with Crippen molar-refractivity contribution in [2.24, 2.45) is 0 Å². The molecule has 3 aromatic carbocycles. The highest BCUT2D eigenvalue weighted by molar-refractivity contribution is 6.31. The topological polar surface area (TPSA) is 59.8 Å². The molecule has 0 fully saturated rings. The number of benzene rings is 3. The molecule has 1 heterocycles. The third kappa shape index (κ3) is 4.02. The summed E-state index contributed by atoms with van der Waals surface area (Å²) in [6, 6.07) is 20.6. The average molecular weight is 407 g/mol. The lowest BCUT2D eigenvalue weighted by Gasteiger charge is -2.07. The van der Waals surface area contributed by atoms with Gasteiger partial charge in [-0.25, -0.2) is 14.1 Å². The number of halogens is 2. The number of hydrogen-bond donors (Lipinski definition) is 1. The van der Waals surface area contributed by atoms with Crippen molar-refractivity contribution >= 4 is 23.2 Å². The Balaban J connectivity index is 1.77. The van der Waals surface area contributed by atoms with Gasteiger partial charge in [0.1, 0.15) is 5.82 Å². The van der Waals surface area contributed by atoms with Gasteiger partial charge >= 0.3 is 0 Å². The summed E-state index contributed by atoms with van der Waals surface area (Å²) >= 11 is 6.28. The molecule has 0 atom stereocenters. The van der Waals surface area contributed by atoms with Gasteiger partial charge in [-0.3, -0.25) is 4.79 Å². The summed E-state index contributed by atoms with van der Waals surface area (Å²) in [6.07, 6.45) is 0. The van der Waals surface area contributed by atoms with Gasteiger partial charge in [0.05, 0.1) is 5.69 Å². The van der Waals surface area contributed by atoms with E-state index in [4.69, 9.17) is 11.6 Å². The lowest BCUT2D eigenvalue weighted by atomic mass is 10.2. The summed E-state index contributed by atoms with van der Waals surface area (Å²) in [5, 5.41) is 7.59. The van der Waals surface area contributed by atoms with E-state index in [1.165, 1.54) is 18.2 Å². The van der Waals surface area contributed by atoms with Crippen molar-refractivity contribution in [3.05, 3.63) is 95.0 Å². The number of nitrogens with one attached hydrogen (secondary N) is 1. The zero-order valence-electron chi connectivity index (χ0n) is 15.4. The number of carbonyl (C=O) groups is 1. The Morgan fingerprint density at radius 2 is 1.83 bits per heavy atom. The van der Waals surface area contributed by atoms with Gasteiger partial charge < -0.3 is 5.32 Å². The van der Waals surface area contributed by atoms with Gasteiger partial charge in [-0.05, 0) is 42.8 Å². The van der Waals surface area contributed by atoms with E-state index in [2.05, 4.69) is 15.4 Å². The quantitative estimate of drug-likeness (QED) is 0.501. The molecule has 0 bridgehead atoms. The molecule has 0 unspecified atom stereocenters. The Bertz CT molecular complexity index is 1190. The maximum absolute atomic E-state index is 13.4. The van der Waals surface area contributed by atoms with Gasteiger partial charge in [-0.1, -0.05) is 54.1 Å². The largest absolute Gasteiger partial charge is 0.319 e. The number of anilines is 1. The van der Waals surface area contributed by atoms with Crippen LogP contribution in [0.1, 0.15) is 16.2 Å². The molecule has 1 N–H and O–H groups in total. The fraction of sp³-hybridized carbons (Fsp3) is 0.0455. The fourth-order valence-electron chi connectivity index (χ4n) is 2.83. The minimum absolute atomic E-state index is 0.0372. The second-order valence-electron chi connectivity index (χ2n) is 6.43. The molecule has 0 aliphatic heterocycles. The number of nitrogens with zero attached hydrogens (tertiary/aromatic N) is 3. The molecule has 0 saturated carbocycles. The predicted octanol–water partition coefficient (Wildman–Crippen LogP) is 5.29. The fourth-order valence-corrected chi connectivity index (χ4v) is 3.00. The maximum atomic E-state index is 13.4. The van der Waals surface area contributed by atoms with Crippen LogP contribution < -0.4 is 5.32 Å². The molecule has 29 heavy (non-hydrogen) atoms. The van der Waals surface area contributed by atoms with Crippen LogP contribution in [-0.4, -0.2) is 20.7 Å². The van der Waals surface area contributed by atoms with Gasteiger partial charge in [-0.2, -0.15) is 0 Å². The molecule has 4 rings (SSSR count). The third-order valence-corrected chi connectivity index (χ3v) is 4.73. The first-order valence-electron chi connectivity index (χ1n) is 8.87. The van der Waals surface area contributed by atoms with Gasteiger partial charge in [0.15, 0.2) is 5.82 Å². The summed E-state index contributed by atoms with van der Waals surface area (Å²) in [5.74, 6) is -0.523. The highest BCUT2D eigenvalue weighted by Crippen LogP contribution is 2.25. The Labute approximate surface area is 171 Å². The van der Waals surface area contributed by atoms with E-state index in [1.54, 1.807) is 16.8 Å². The van der Waals surface area contributed by atoms with Crippen molar-refractivity contribution in [1.82, 2.24) is 14.8 Å². The number of aromatic nitrogens is 3. The van der Waals surface area contributed by atoms with E-state index in [0.29, 0.717) is 22.2 Å². The zero-order chi connectivity index (χ0) is 20.4. The van der Waals surface area contributed by atoms with E-state index in [0.717, 1.165) is 11.1 Å². The molecule has 7 heteroatoms. The summed E-state index contributed by atoms with van der Waals surface area (Å²) in [7, 11) is 0. The van der Waals surface area contributed by atoms with Gasteiger partial charge in [0, 0.05) is 16.3 Å². The Kier molecular flexibility index (Phi) is 5.10. The van der Waals surface area contributed by atoms with Crippen LogP contribution in [0.3, 0.4) is 0 Å². The van der Waals surface area contributed by atoms with Crippen molar-refractivity contribution in [2.75, 3.05) is 5.32 Å². The minimum atomic E-state index is -0.537. The van der Waals surface area contributed by atoms with Crippen LogP contribution >= 0.6 is 11.6 Å². The van der Waals surface area contributed by atoms with Gasteiger partial charge in [0.2, 0.25) is 5.82 Å².